The van der Waals surface area contributed by atoms with Gasteiger partial charge in [0, 0.05) is 23.1 Å². The van der Waals surface area contributed by atoms with Crippen LogP contribution in [0.15, 0.2) is 41.7 Å². The summed E-state index contributed by atoms with van der Waals surface area (Å²) in [5, 5.41) is 11.1. The van der Waals surface area contributed by atoms with Gasteiger partial charge in [-0.05, 0) is 69.2 Å². The maximum absolute atomic E-state index is 12.4. The number of rotatable bonds is 4. The molecule has 31 heavy (non-hydrogen) atoms. The molecule has 0 spiro atoms. The summed E-state index contributed by atoms with van der Waals surface area (Å²) in [6.45, 7) is 10.5. The van der Waals surface area contributed by atoms with Crippen molar-refractivity contribution < 1.29 is 19.4 Å². The maximum Gasteiger partial charge on any atom is 0.337 e. The Labute approximate surface area is 183 Å². The molecular weight excluding hydrogens is 390 g/mol. The number of allylic oxidation sites excluding steroid dienone is 4. The van der Waals surface area contributed by atoms with Crippen LogP contribution in [0.5, 0.6) is 0 Å². The fourth-order valence-electron chi connectivity index (χ4n) is 4.64. The van der Waals surface area contributed by atoms with E-state index in [0.29, 0.717) is 11.3 Å². The van der Waals surface area contributed by atoms with Gasteiger partial charge in [-0.2, -0.15) is 0 Å². The molecule has 0 saturated heterocycles. The van der Waals surface area contributed by atoms with Crippen molar-refractivity contribution in [1.29, 1.82) is 0 Å². The van der Waals surface area contributed by atoms with E-state index in [-0.39, 0.29) is 5.92 Å². The second-order valence-electron chi connectivity index (χ2n) is 9.56. The molecule has 0 saturated carbocycles. The zero-order valence-electron chi connectivity index (χ0n) is 19.0. The molecule has 1 aliphatic carbocycles. The number of carboxylic acid groups (broad SMARTS) is 1. The first-order chi connectivity index (χ1) is 14.7. The standard InChI is InChI=1S/C26H31NO4/c1-15-13-21-17(9-8-12-30-21)14-19(15)23-18-10-6-7-11-20(18)27-16(2)22(23)24(25(28)29)31-26(3,4)5/h6-7,10-11,14-15,24H,8-9,12-13H2,1-5H3,(H,28,29)/t15-,24+/m1/s1. The Kier molecular flexibility index (Phi) is 5.65. The van der Waals surface area contributed by atoms with Crippen LogP contribution >= 0.6 is 0 Å². The van der Waals surface area contributed by atoms with Crippen LogP contribution < -0.4 is 0 Å². The highest BCUT2D eigenvalue weighted by Gasteiger charge is 2.35. The lowest BCUT2D eigenvalue weighted by Gasteiger charge is -2.32. The minimum atomic E-state index is -1.10. The topological polar surface area (TPSA) is 68.7 Å². The van der Waals surface area contributed by atoms with Crippen molar-refractivity contribution in [1.82, 2.24) is 4.98 Å². The number of nitrogens with zero attached hydrogens (tertiary/aromatic N) is 1. The van der Waals surface area contributed by atoms with Gasteiger partial charge in [-0.3, -0.25) is 4.98 Å². The summed E-state index contributed by atoms with van der Waals surface area (Å²) < 4.78 is 12.0. The molecule has 5 heteroatoms. The lowest BCUT2D eigenvalue weighted by molar-refractivity contribution is -0.160. The zero-order chi connectivity index (χ0) is 22.3. The van der Waals surface area contributed by atoms with Gasteiger partial charge in [0.25, 0.3) is 0 Å². The van der Waals surface area contributed by atoms with Crippen LogP contribution in [0.1, 0.15) is 69.9 Å². The molecule has 1 aliphatic heterocycles. The van der Waals surface area contributed by atoms with Crippen LogP contribution in [0.4, 0.5) is 0 Å². The van der Waals surface area contributed by atoms with Crippen LogP contribution in [0.25, 0.3) is 16.5 Å². The predicted octanol–water partition coefficient (Wildman–Crippen LogP) is 5.97. The average molecular weight is 422 g/mol. The van der Waals surface area contributed by atoms with E-state index in [1.165, 1.54) is 5.57 Å². The average Bonchev–Trinajstić information content (AvgIpc) is 2.70. The molecule has 0 fully saturated rings. The second-order valence-corrected chi connectivity index (χ2v) is 9.56. The second kappa shape index (κ2) is 8.12. The van der Waals surface area contributed by atoms with Crippen molar-refractivity contribution in [3.63, 3.8) is 0 Å². The normalized spacial score (nSPS) is 20.2. The lowest BCUT2D eigenvalue weighted by Crippen LogP contribution is -2.29. The van der Waals surface area contributed by atoms with Gasteiger partial charge in [0.05, 0.1) is 23.5 Å². The van der Waals surface area contributed by atoms with E-state index in [4.69, 9.17) is 14.5 Å². The molecule has 0 bridgehead atoms. The number of benzene rings is 1. The van der Waals surface area contributed by atoms with E-state index in [0.717, 1.165) is 53.7 Å². The summed E-state index contributed by atoms with van der Waals surface area (Å²) in [6.07, 6.45) is 3.95. The van der Waals surface area contributed by atoms with Crippen molar-refractivity contribution in [2.75, 3.05) is 6.61 Å². The summed E-state index contributed by atoms with van der Waals surface area (Å²) in [7, 11) is 0. The highest BCUT2D eigenvalue weighted by Crippen LogP contribution is 2.44. The highest BCUT2D eigenvalue weighted by atomic mass is 16.5. The Morgan fingerprint density at radius 3 is 2.74 bits per heavy atom. The van der Waals surface area contributed by atoms with Gasteiger partial charge in [0.2, 0.25) is 0 Å². The van der Waals surface area contributed by atoms with Crippen molar-refractivity contribution >= 4 is 22.4 Å². The molecular formula is C26H31NO4. The SMILES string of the molecule is Cc1nc2ccccc2c(C2=CC3=C(C[C@H]2C)OCCC3)c1[C@H](OC(C)(C)C)C(=O)O. The molecule has 2 heterocycles. The first-order valence-corrected chi connectivity index (χ1v) is 11.0. The van der Waals surface area contributed by atoms with E-state index in [9.17, 15) is 9.90 Å². The van der Waals surface area contributed by atoms with Gasteiger partial charge in [0.15, 0.2) is 6.10 Å². The van der Waals surface area contributed by atoms with E-state index >= 15 is 0 Å². The molecule has 164 valence electrons. The molecule has 2 aromatic rings. The Morgan fingerprint density at radius 1 is 1.29 bits per heavy atom. The van der Waals surface area contributed by atoms with Crippen LogP contribution in [0.3, 0.4) is 0 Å². The summed E-state index contributed by atoms with van der Waals surface area (Å²) in [5.41, 5.74) is 4.92. The quantitative estimate of drug-likeness (QED) is 0.658. The monoisotopic (exact) mass is 421 g/mol. The molecule has 2 atom stereocenters. The van der Waals surface area contributed by atoms with Crippen LogP contribution in [-0.4, -0.2) is 28.3 Å². The van der Waals surface area contributed by atoms with Crippen LogP contribution in [0, 0.1) is 12.8 Å². The molecule has 0 amide bonds. The van der Waals surface area contributed by atoms with Crippen molar-refractivity contribution in [2.45, 2.75) is 65.6 Å². The van der Waals surface area contributed by atoms with Gasteiger partial charge in [-0.15, -0.1) is 0 Å². The number of pyridine rings is 1. The van der Waals surface area contributed by atoms with E-state index < -0.39 is 17.7 Å². The number of hydrogen-bond donors (Lipinski definition) is 1. The fourth-order valence-corrected chi connectivity index (χ4v) is 4.64. The predicted molar refractivity (Wildman–Crippen MR) is 122 cm³/mol. The third kappa shape index (κ3) is 4.24. The van der Waals surface area contributed by atoms with Crippen molar-refractivity contribution in [3.8, 4) is 0 Å². The van der Waals surface area contributed by atoms with Gasteiger partial charge < -0.3 is 14.6 Å². The molecule has 1 N–H and O–H groups in total. The number of para-hydroxylation sites is 1. The number of ether oxygens (including phenoxy) is 2. The first-order valence-electron chi connectivity index (χ1n) is 11.0. The van der Waals surface area contributed by atoms with Gasteiger partial charge in [0.1, 0.15) is 0 Å². The molecule has 2 aliphatic rings. The number of hydrogen-bond acceptors (Lipinski definition) is 4. The van der Waals surface area contributed by atoms with Crippen LogP contribution in [-0.2, 0) is 14.3 Å². The lowest BCUT2D eigenvalue weighted by atomic mass is 9.79. The summed E-state index contributed by atoms with van der Waals surface area (Å²) in [6, 6.07) is 7.96. The van der Waals surface area contributed by atoms with Gasteiger partial charge in [-0.25, -0.2) is 4.79 Å². The molecule has 5 nitrogen and oxygen atoms in total. The van der Waals surface area contributed by atoms with Gasteiger partial charge >= 0.3 is 5.97 Å². The fraction of sp³-hybridized carbons (Fsp3) is 0.462. The molecule has 0 radical (unpaired) electrons. The van der Waals surface area contributed by atoms with Gasteiger partial charge in [-0.1, -0.05) is 31.2 Å². The number of fused-ring (bicyclic) bond motifs is 1. The third-order valence-electron chi connectivity index (χ3n) is 5.94. The Balaban J connectivity index is 2.01. The van der Waals surface area contributed by atoms with E-state index in [2.05, 4.69) is 13.0 Å². The number of carbonyl (C=O) groups is 1. The Hall–Kier alpha value is -2.66. The highest BCUT2D eigenvalue weighted by molar-refractivity contribution is 5.96. The van der Waals surface area contributed by atoms with Crippen molar-refractivity contribution in [3.05, 3.63) is 58.5 Å². The van der Waals surface area contributed by atoms with E-state index in [1.807, 2.05) is 52.0 Å². The number of aliphatic carboxylic acids is 1. The molecule has 1 aromatic carbocycles. The zero-order valence-corrected chi connectivity index (χ0v) is 19.0. The Morgan fingerprint density at radius 2 is 2.03 bits per heavy atom. The largest absolute Gasteiger partial charge is 0.498 e. The third-order valence-corrected chi connectivity index (χ3v) is 5.94. The molecule has 0 unspecified atom stereocenters. The number of carboxylic acids is 1. The van der Waals surface area contributed by atoms with Crippen molar-refractivity contribution in [2.24, 2.45) is 5.92 Å². The smallest absolute Gasteiger partial charge is 0.337 e. The number of aromatic nitrogens is 1. The summed E-state index contributed by atoms with van der Waals surface area (Å²) in [4.78, 5) is 17.2. The maximum atomic E-state index is 12.4. The number of aryl methyl sites for hydroxylation is 1. The molecule has 4 rings (SSSR count). The summed E-state index contributed by atoms with van der Waals surface area (Å²) in [5.74, 6) is 0.283. The van der Waals surface area contributed by atoms with Crippen LogP contribution in [0.2, 0.25) is 0 Å². The Bertz CT molecular complexity index is 1090. The minimum Gasteiger partial charge on any atom is -0.498 e. The summed E-state index contributed by atoms with van der Waals surface area (Å²) >= 11 is 0. The van der Waals surface area contributed by atoms with E-state index in [1.54, 1.807) is 0 Å². The first kappa shape index (κ1) is 21.6. The minimum absolute atomic E-state index is 0.199. The molecule has 1 aromatic heterocycles.